The van der Waals surface area contributed by atoms with Gasteiger partial charge in [-0.15, -0.1) is 0 Å². The highest BCUT2D eigenvalue weighted by molar-refractivity contribution is 6.11. The maximum atomic E-state index is 13.4. The minimum atomic E-state index is -0.976. The summed E-state index contributed by atoms with van der Waals surface area (Å²) in [5, 5.41) is 0. The summed E-state index contributed by atoms with van der Waals surface area (Å²) >= 11 is 0. The first kappa shape index (κ1) is 18.9. The van der Waals surface area contributed by atoms with E-state index < -0.39 is 17.7 Å². The van der Waals surface area contributed by atoms with Crippen LogP contribution >= 0.6 is 0 Å². The van der Waals surface area contributed by atoms with E-state index in [-0.39, 0.29) is 11.6 Å². The number of rotatable bonds is 5. The molecule has 0 N–H and O–H groups in total. The highest BCUT2D eigenvalue weighted by atomic mass is 19.1. The van der Waals surface area contributed by atoms with Gasteiger partial charge in [0.15, 0.2) is 5.78 Å². The van der Waals surface area contributed by atoms with Gasteiger partial charge < -0.3 is 9.47 Å². The van der Waals surface area contributed by atoms with Gasteiger partial charge in [0, 0.05) is 22.6 Å². The molecule has 0 saturated carbocycles. The van der Waals surface area contributed by atoms with Crippen LogP contribution in [0.2, 0.25) is 0 Å². The van der Waals surface area contributed by atoms with Crippen LogP contribution in [0, 0.1) is 11.7 Å². The molecular weight excluding hydrogens is 371 g/mol. The molecule has 0 aliphatic carbocycles. The van der Waals surface area contributed by atoms with Gasteiger partial charge in [-0.05, 0) is 55.5 Å². The Morgan fingerprint density at radius 1 is 0.966 bits per heavy atom. The highest BCUT2D eigenvalue weighted by Gasteiger charge is 2.40. The van der Waals surface area contributed by atoms with Crippen LogP contribution in [0.3, 0.4) is 0 Å². The summed E-state index contributed by atoms with van der Waals surface area (Å²) < 4.78 is 24.7. The molecule has 0 amide bonds. The smallest absolute Gasteiger partial charge is 0.174 e. The fourth-order valence-corrected chi connectivity index (χ4v) is 3.83. The molecule has 3 aromatic rings. The molecule has 3 aromatic carbocycles. The summed E-state index contributed by atoms with van der Waals surface area (Å²) in [6.45, 7) is 1.41. The van der Waals surface area contributed by atoms with Crippen molar-refractivity contribution in [3.05, 3.63) is 89.2 Å². The third kappa shape index (κ3) is 3.40. The summed E-state index contributed by atoms with van der Waals surface area (Å²) in [5.41, 5.74) is 1.75. The molecule has 0 spiro atoms. The van der Waals surface area contributed by atoms with E-state index in [1.54, 1.807) is 25.3 Å². The van der Waals surface area contributed by atoms with Crippen LogP contribution in [0.25, 0.3) is 0 Å². The Hall–Kier alpha value is -3.47. The Kier molecular flexibility index (Phi) is 4.89. The fraction of sp³-hybridized carbons (Fsp3) is 0.167. The van der Waals surface area contributed by atoms with Gasteiger partial charge in [-0.3, -0.25) is 9.59 Å². The summed E-state index contributed by atoms with van der Waals surface area (Å²) in [4.78, 5) is 26.1. The first-order chi connectivity index (χ1) is 14.0. The minimum Gasteiger partial charge on any atom is -0.497 e. The molecule has 0 unspecified atom stereocenters. The monoisotopic (exact) mass is 390 g/mol. The van der Waals surface area contributed by atoms with Crippen molar-refractivity contribution in [2.24, 2.45) is 5.92 Å². The zero-order valence-corrected chi connectivity index (χ0v) is 16.0. The molecule has 5 heteroatoms. The third-order valence-corrected chi connectivity index (χ3v) is 5.21. The number of carbonyl (C=O) groups is 2. The average Bonchev–Trinajstić information content (AvgIpc) is 2.73. The SMILES string of the molecule is COc1ccc2c(c1)[C@H]([C@H](C(C)=O)C(=O)c1ccc(F)cc1)c1ccccc1O2. The van der Waals surface area contributed by atoms with Crippen molar-refractivity contribution in [3.8, 4) is 17.2 Å². The molecule has 1 heterocycles. The topological polar surface area (TPSA) is 52.6 Å². The summed E-state index contributed by atoms with van der Waals surface area (Å²) in [6, 6.07) is 18.0. The second-order valence-electron chi connectivity index (χ2n) is 6.98. The Balaban J connectivity index is 1.89. The number of hydrogen-bond acceptors (Lipinski definition) is 4. The van der Waals surface area contributed by atoms with Gasteiger partial charge in [-0.1, -0.05) is 18.2 Å². The third-order valence-electron chi connectivity index (χ3n) is 5.21. The van der Waals surface area contributed by atoms with E-state index in [2.05, 4.69) is 0 Å². The Bertz CT molecular complexity index is 1090. The van der Waals surface area contributed by atoms with Crippen molar-refractivity contribution in [1.29, 1.82) is 0 Å². The molecule has 1 aliphatic heterocycles. The number of para-hydroxylation sites is 1. The molecule has 29 heavy (non-hydrogen) atoms. The number of hydrogen-bond donors (Lipinski definition) is 0. The number of fused-ring (bicyclic) bond motifs is 2. The van der Waals surface area contributed by atoms with E-state index in [1.165, 1.54) is 31.2 Å². The fourth-order valence-electron chi connectivity index (χ4n) is 3.83. The van der Waals surface area contributed by atoms with Gasteiger partial charge in [0.05, 0.1) is 13.0 Å². The van der Waals surface area contributed by atoms with Crippen LogP contribution in [-0.2, 0) is 4.79 Å². The lowest BCUT2D eigenvalue weighted by atomic mass is 9.74. The molecule has 0 saturated heterocycles. The number of carbonyl (C=O) groups excluding carboxylic acids is 2. The van der Waals surface area contributed by atoms with Crippen LogP contribution in [0.5, 0.6) is 17.2 Å². The van der Waals surface area contributed by atoms with Crippen molar-refractivity contribution in [2.75, 3.05) is 7.11 Å². The lowest BCUT2D eigenvalue weighted by Crippen LogP contribution is -2.31. The Labute approximate surface area is 167 Å². The predicted molar refractivity (Wildman–Crippen MR) is 106 cm³/mol. The maximum Gasteiger partial charge on any atom is 0.174 e. The van der Waals surface area contributed by atoms with Gasteiger partial charge in [-0.2, -0.15) is 0 Å². The molecular formula is C24H19FO4. The number of methoxy groups -OCH3 is 1. The van der Waals surface area contributed by atoms with E-state index in [0.717, 1.165) is 5.56 Å². The summed E-state index contributed by atoms with van der Waals surface area (Å²) in [7, 11) is 1.56. The summed E-state index contributed by atoms with van der Waals surface area (Å²) in [6.07, 6.45) is 0. The van der Waals surface area contributed by atoms with Gasteiger partial charge in [0.25, 0.3) is 0 Å². The number of halogens is 1. The molecule has 0 radical (unpaired) electrons. The number of ketones is 2. The molecule has 0 aromatic heterocycles. The van der Waals surface area contributed by atoms with Crippen molar-refractivity contribution >= 4 is 11.6 Å². The zero-order valence-electron chi connectivity index (χ0n) is 16.0. The lowest BCUT2D eigenvalue weighted by Gasteiger charge is -2.32. The standard InChI is InChI=1S/C24H19FO4/c1-14(26)22(24(27)15-7-9-16(25)10-8-15)23-18-5-3-4-6-20(18)29-21-12-11-17(28-2)13-19(21)23/h3-13,22-23H,1-2H3/t22-,23+/m0/s1. The number of Topliss-reactive ketones (excluding diaryl/α,β-unsaturated/α-hetero) is 2. The molecule has 0 bridgehead atoms. The molecule has 2 atom stereocenters. The van der Waals surface area contributed by atoms with Gasteiger partial charge >= 0.3 is 0 Å². The normalized spacial score (nSPS) is 15.5. The van der Waals surface area contributed by atoms with Crippen LogP contribution in [0.4, 0.5) is 4.39 Å². The largest absolute Gasteiger partial charge is 0.497 e. The van der Waals surface area contributed by atoms with Crippen molar-refractivity contribution in [2.45, 2.75) is 12.8 Å². The summed E-state index contributed by atoms with van der Waals surface area (Å²) in [5.74, 6) is -0.791. The van der Waals surface area contributed by atoms with E-state index in [4.69, 9.17) is 9.47 Å². The Morgan fingerprint density at radius 3 is 2.34 bits per heavy atom. The highest BCUT2D eigenvalue weighted by Crippen LogP contribution is 2.49. The van der Waals surface area contributed by atoms with E-state index >= 15 is 0 Å². The van der Waals surface area contributed by atoms with Crippen molar-refractivity contribution < 1.29 is 23.5 Å². The molecule has 4 rings (SSSR count). The second-order valence-corrected chi connectivity index (χ2v) is 6.98. The first-order valence-corrected chi connectivity index (χ1v) is 9.24. The van der Waals surface area contributed by atoms with E-state index in [1.807, 2.05) is 24.3 Å². The average molecular weight is 390 g/mol. The van der Waals surface area contributed by atoms with E-state index in [0.29, 0.717) is 28.4 Å². The van der Waals surface area contributed by atoms with Crippen LogP contribution < -0.4 is 9.47 Å². The van der Waals surface area contributed by atoms with E-state index in [9.17, 15) is 14.0 Å². The van der Waals surface area contributed by atoms with Crippen LogP contribution in [-0.4, -0.2) is 18.7 Å². The lowest BCUT2D eigenvalue weighted by molar-refractivity contribution is -0.119. The quantitative estimate of drug-likeness (QED) is 0.446. The van der Waals surface area contributed by atoms with Gasteiger partial charge in [-0.25, -0.2) is 4.39 Å². The molecule has 146 valence electrons. The van der Waals surface area contributed by atoms with Crippen LogP contribution in [0.1, 0.15) is 34.3 Å². The Morgan fingerprint density at radius 2 is 1.66 bits per heavy atom. The zero-order chi connectivity index (χ0) is 20.5. The van der Waals surface area contributed by atoms with Gasteiger partial charge in [0.1, 0.15) is 28.8 Å². The van der Waals surface area contributed by atoms with Gasteiger partial charge in [0.2, 0.25) is 0 Å². The molecule has 4 nitrogen and oxygen atoms in total. The second kappa shape index (κ2) is 7.51. The van der Waals surface area contributed by atoms with Crippen molar-refractivity contribution in [1.82, 2.24) is 0 Å². The predicted octanol–water partition coefficient (Wildman–Crippen LogP) is 5.16. The molecule has 0 fully saturated rings. The maximum absolute atomic E-state index is 13.4. The minimum absolute atomic E-state index is 0.269. The van der Waals surface area contributed by atoms with Crippen LogP contribution in [0.15, 0.2) is 66.7 Å². The number of benzene rings is 3. The molecule has 1 aliphatic rings. The van der Waals surface area contributed by atoms with Crippen molar-refractivity contribution in [3.63, 3.8) is 0 Å². The number of ether oxygens (including phenoxy) is 2. The first-order valence-electron chi connectivity index (χ1n) is 9.24.